The molecular formula is C23H23ClN2O3. The minimum absolute atomic E-state index is 0.0492. The quantitative estimate of drug-likeness (QED) is 0.675. The number of amides is 1. The Hall–Kier alpha value is -2.50. The molecule has 6 heteroatoms. The zero-order valence-corrected chi connectivity index (χ0v) is 17.1. The summed E-state index contributed by atoms with van der Waals surface area (Å²) in [7, 11) is 1.69. The van der Waals surface area contributed by atoms with Crippen molar-refractivity contribution in [3.8, 4) is 5.75 Å². The third kappa shape index (κ3) is 3.00. The predicted octanol–water partition coefficient (Wildman–Crippen LogP) is 4.53. The van der Waals surface area contributed by atoms with Crippen LogP contribution in [0.3, 0.4) is 0 Å². The molecule has 5 nitrogen and oxygen atoms in total. The lowest BCUT2D eigenvalue weighted by atomic mass is 9.79. The summed E-state index contributed by atoms with van der Waals surface area (Å²) < 4.78 is 11.7. The van der Waals surface area contributed by atoms with E-state index in [-0.39, 0.29) is 11.5 Å². The number of halogens is 1. The van der Waals surface area contributed by atoms with Crippen LogP contribution in [0.5, 0.6) is 5.75 Å². The van der Waals surface area contributed by atoms with Crippen LogP contribution >= 0.6 is 11.6 Å². The summed E-state index contributed by atoms with van der Waals surface area (Å²) in [6.07, 6.45) is 2.44. The summed E-state index contributed by atoms with van der Waals surface area (Å²) >= 11 is 6.49. The monoisotopic (exact) mass is 410 g/mol. The Kier molecular flexibility index (Phi) is 4.52. The standard InChI is InChI=1S/C23H23ClN2O3/c1-28-16-6-7-18-15(14-16)8-13-29-23(18)9-11-26(12-10-23)22(27)21-20(24)17-4-2-3-5-19(17)25-21/h2-7,14,25H,8-13H2,1H3. The van der Waals surface area contributed by atoms with Crippen molar-refractivity contribution in [2.45, 2.75) is 24.9 Å². The summed E-state index contributed by atoms with van der Waals surface area (Å²) in [5.41, 5.74) is 3.56. The first-order valence-corrected chi connectivity index (χ1v) is 10.4. The Morgan fingerprint density at radius 3 is 2.76 bits per heavy atom. The fourth-order valence-corrected chi connectivity index (χ4v) is 4.97. The van der Waals surface area contributed by atoms with E-state index in [1.54, 1.807) is 7.11 Å². The first-order valence-electron chi connectivity index (χ1n) is 9.98. The lowest BCUT2D eigenvalue weighted by Gasteiger charge is -2.45. The molecule has 2 aromatic carbocycles. The van der Waals surface area contributed by atoms with Crippen molar-refractivity contribution in [1.82, 2.24) is 9.88 Å². The molecule has 1 fully saturated rings. The number of hydrogen-bond acceptors (Lipinski definition) is 3. The first kappa shape index (κ1) is 18.5. The second-order valence-corrected chi connectivity index (χ2v) is 8.15. The molecule has 0 bridgehead atoms. The number of hydrogen-bond donors (Lipinski definition) is 1. The molecule has 5 rings (SSSR count). The van der Waals surface area contributed by atoms with E-state index in [0.29, 0.717) is 30.4 Å². The van der Waals surface area contributed by atoms with Crippen molar-refractivity contribution in [2.24, 2.45) is 0 Å². The van der Waals surface area contributed by atoms with E-state index < -0.39 is 0 Å². The average molecular weight is 411 g/mol. The summed E-state index contributed by atoms with van der Waals surface area (Å²) in [5.74, 6) is 0.827. The predicted molar refractivity (Wildman–Crippen MR) is 113 cm³/mol. The number of nitrogens with zero attached hydrogens (tertiary/aromatic N) is 1. The average Bonchev–Trinajstić information content (AvgIpc) is 3.10. The number of aromatic nitrogens is 1. The maximum Gasteiger partial charge on any atom is 0.271 e. The smallest absolute Gasteiger partial charge is 0.271 e. The Bertz CT molecular complexity index is 1080. The highest BCUT2D eigenvalue weighted by atomic mass is 35.5. The highest BCUT2D eigenvalue weighted by Gasteiger charge is 2.42. The van der Waals surface area contributed by atoms with Crippen LogP contribution in [0.25, 0.3) is 10.9 Å². The molecular weight excluding hydrogens is 388 g/mol. The summed E-state index contributed by atoms with van der Waals surface area (Å²) in [5, 5.41) is 1.38. The molecule has 29 heavy (non-hydrogen) atoms. The number of carbonyl (C=O) groups excluding carboxylic acids is 1. The second-order valence-electron chi connectivity index (χ2n) is 7.77. The van der Waals surface area contributed by atoms with Crippen LogP contribution in [-0.4, -0.2) is 42.6 Å². The number of methoxy groups -OCH3 is 1. The molecule has 1 spiro atoms. The molecule has 150 valence electrons. The summed E-state index contributed by atoms with van der Waals surface area (Å²) in [6, 6.07) is 14.0. The largest absolute Gasteiger partial charge is 0.497 e. The number of ether oxygens (including phenoxy) is 2. The van der Waals surface area contributed by atoms with E-state index in [2.05, 4.69) is 17.1 Å². The molecule has 0 radical (unpaired) electrons. The van der Waals surface area contributed by atoms with Crippen LogP contribution in [0.4, 0.5) is 0 Å². The summed E-state index contributed by atoms with van der Waals surface area (Å²) in [4.78, 5) is 18.2. The number of aromatic amines is 1. The topological polar surface area (TPSA) is 54.6 Å². The zero-order chi connectivity index (χ0) is 20.0. The summed E-state index contributed by atoms with van der Waals surface area (Å²) in [6.45, 7) is 1.97. The van der Waals surface area contributed by atoms with Gasteiger partial charge in [0, 0.05) is 24.0 Å². The normalized spacial score (nSPS) is 18.1. The van der Waals surface area contributed by atoms with Crippen molar-refractivity contribution in [3.63, 3.8) is 0 Å². The van der Waals surface area contributed by atoms with Crippen LogP contribution in [-0.2, 0) is 16.8 Å². The van der Waals surface area contributed by atoms with Gasteiger partial charge in [0.05, 0.1) is 24.3 Å². The molecule has 1 saturated heterocycles. The lowest BCUT2D eigenvalue weighted by Crippen LogP contribution is -2.48. The van der Waals surface area contributed by atoms with E-state index >= 15 is 0 Å². The maximum absolute atomic E-state index is 13.1. The van der Waals surface area contributed by atoms with Crippen molar-refractivity contribution in [2.75, 3.05) is 26.8 Å². The molecule has 3 heterocycles. The van der Waals surface area contributed by atoms with E-state index in [9.17, 15) is 4.79 Å². The van der Waals surface area contributed by atoms with Gasteiger partial charge in [-0.3, -0.25) is 4.79 Å². The molecule has 1 aromatic heterocycles. The van der Waals surface area contributed by atoms with Gasteiger partial charge in [-0.2, -0.15) is 0 Å². The van der Waals surface area contributed by atoms with Crippen LogP contribution < -0.4 is 4.74 Å². The fraction of sp³-hybridized carbons (Fsp3) is 0.348. The van der Waals surface area contributed by atoms with Crippen molar-refractivity contribution < 1.29 is 14.3 Å². The molecule has 3 aromatic rings. The number of H-pyrrole nitrogens is 1. The minimum atomic E-state index is -0.319. The number of para-hydroxylation sites is 1. The van der Waals surface area contributed by atoms with Gasteiger partial charge in [0.1, 0.15) is 11.4 Å². The van der Waals surface area contributed by atoms with Gasteiger partial charge in [-0.05, 0) is 48.6 Å². The minimum Gasteiger partial charge on any atom is -0.497 e. The van der Waals surface area contributed by atoms with Crippen LogP contribution in [0.15, 0.2) is 42.5 Å². The van der Waals surface area contributed by atoms with Gasteiger partial charge in [0.2, 0.25) is 0 Å². The van der Waals surface area contributed by atoms with Gasteiger partial charge >= 0.3 is 0 Å². The Morgan fingerprint density at radius 2 is 2.00 bits per heavy atom. The second kappa shape index (κ2) is 7.08. The van der Waals surface area contributed by atoms with Gasteiger partial charge in [-0.25, -0.2) is 0 Å². The van der Waals surface area contributed by atoms with E-state index in [1.807, 2.05) is 35.2 Å². The molecule has 0 aliphatic carbocycles. The first-order chi connectivity index (χ1) is 14.1. The molecule has 2 aliphatic heterocycles. The maximum atomic E-state index is 13.1. The van der Waals surface area contributed by atoms with E-state index in [0.717, 1.165) is 35.9 Å². The zero-order valence-electron chi connectivity index (χ0n) is 16.3. The number of piperidine rings is 1. The van der Waals surface area contributed by atoms with Crippen molar-refractivity contribution >= 4 is 28.4 Å². The molecule has 1 N–H and O–H groups in total. The van der Waals surface area contributed by atoms with Crippen molar-refractivity contribution in [1.29, 1.82) is 0 Å². The molecule has 0 saturated carbocycles. The third-order valence-corrected chi connectivity index (χ3v) is 6.66. The molecule has 1 amide bonds. The number of likely N-dealkylation sites (tertiary alicyclic amines) is 1. The van der Waals surface area contributed by atoms with E-state index in [1.165, 1.54) is 11.1 Å². The molecule has 0 atom stereocenters. The van der Waals surface area contributed by atoms with Crippen LogP contribution in [0, 0.1) is 0 Å². The lowest BCUT2D eigenvalue weighted by molar-refractivity contribution is -0.0935. The van der Waals surface area contributed by atoms with Crippen molar-refractivity contribution in [3.05, 3.63) is 64.3 Å². The molecule has 2 aliphatic rings. The number of rotatable bonds is 2. The Balaban J connectivity index is 1.38. The molecule has 0 unspecified atom stereocenters. The highest BCUT2D eigenvalue weighted by molar-refractivity contribution is 6.38. The van der Waals surface area contributed by atoms with Gasteiger partial charge in [0.15, 0.2) is 0 Å². The number of fused-ring (bicyclic) bond motifs is 3. The fourth-order valence-electron chi connectivity index (χ4n) is 4.68. The van der Waals surface area contributed by atoms with E-state index in [4.69, 9.17) is 21.1 Å². The number of nitrogens with one attached hydrogen (secondary N) is 1. The number of carbonyl (C=O) groups is 1. The van der Waals surface area contributed by atoms with Gasteiger partial charge in [0.25, 0.3) is 5.91 Å². The van der Waals surface area contributed by atoms with Gasteiger partial charge in [-0.1, -0.05) is 35.9 Å². The highest BCUT2D eigenvalue weighted by Crippen LogP contribution is 2.43. The number of benzene rings is 2. The Labute approximate surface area is 174 Å². The van der Waals surface area contributed by atoms with Crippen LogP contribution in [0.2, 0.25) is 5.02 Å². The van der Waals surface area contributed by atoms with Crippen LogP contribution in [0.1, 0.15) is 34.5 Å². The SMILES string of the molecule is COc1ccc2c(c1)CCOC21CCN(C(=O)c2[nH]c3ccccc3c2Cl)CC1. The van der Waals surface area contributed by atoms with Gasteiger partial charge < -0.3 is 19.4 Å². The Morgan fingerprint density at radius 1 is 1.21 bits per heavy atom. The third-order valence-electron chi connectivity index (χ3n) is 6.27. The van der Waals surface area contributed by atoms with Gasteiger partial charge in [-0.15, -0.1) is 0 Å².